The first kappa shape index (κ1) is 22.4. The monoisotopic (exact) mass is 457 g/mol. The summed E-state index contributed by atoms with van der Waals surface area (Å²) in [5.74, 6) is -2.28. The first-order chi connectivity index (χ1) is 14.6. The van der Waals surface area contributed by atoms with Crippen molar-refractivity contribution in [3.8, 4) is 17.2 Å². The van der Waals surface area contributed by atoms with E-state index in [1.807, 2.05) is 6.07 Å². The van der Waals surface area contributed by atoms with E-state index in [4.69, 9.17) is 9.84 Å². The van der Waals surface area contributed by atoms with Crippen molar-refractivity contribution < 1.29 is 36.9 Å². The number of rotatable bonds is 8. The molecule has 164 valence electrons. The molecule has 3 aromatic rings. The van der Waals surface area contributed by atoms with Crippen molar-refractivity contribution in [3.05, 3.63) is 59.7 Å². The minimum absolute atomic E-state index is 0.187. The van der Waals surface area contributed by atoms with E-state index < -0.39 is 30.5 Å². The van der Waals surface area contributed by atoms with Crippen LogP contribution in [0.1, 0.15) is 11.3 Å². The minimum atomic E-state index is -4.99. The van der Waals surface area contributed by atoms with Crippen molar-refractivity contribution >= 4 is 17.7 Å². The van der Waals surface area contributed by atoms with Crippen molar-refractivity contribution in [1.29, 1.82) is 0 Å². The summed E-state index contributed by atoms with van der Waals surface area (Å²) in [6, 6.07) is 8.24. The van der Waals surface area contributed by atoms with Crippen molar-refractivity contribution in [2.75, 3.05) is 6.61 Å². The third kappa shape index (κ3) is 6.35. The number of hydrogen-bond acceptors (Lipinski definition) is 6. The molecule has 0 fully saturated rings. The summed E-state index contributed by atoms with van der Waals surface area (Å²) >= 11 is 1.43. The molecule has 0 bridgehead atoms. The van der Waals surface area contributed by atoms with Crippen LogP contribution in [0.25, 0.3) is 5.69 Å². The summed E-state index contributed by atoms with van der Waals surface area (Å²) in [5.41, 5.74) is 1.52. The van der Waals surface area contributed by atoms with Crippen LogP contribution in [0.5, 0.6) is 11.5 Å². The summed E-state index contributed by atoms with van der Waals surface area (Å²) in [5, 5.41) is 16.5. The average molecular weight is 457 g/mol. The zero-order valence-electron chi connectivity index (χ0n) is 15.9. The molecular weight excluding hydrogens is 442 g/mol. The Morgan fingerprint density at radius 3 is 2.58 bits per heavy atom. The maximum atomic E-state index is 13.9. The smallest absolute Gasteiger partial charge is 0.482 e. The summed E-state index contributed by atoms with van der Waals surface area (Å²) in [7, 11) is 0. The van der Waals surface area contributed by atoms with E-state index >= 15 is 0 Å². The number of alkyl halides is 3. The molecule has 1 heterocycles. The molecule has 0 amide bonds. The Kier molecular flexibility index (Phi) is 6.68. The quantitative estimate of drug-likeness (QED) is 0.397. The van der Waals surface area contributed by atoms with Gasteiger partial charge in [0.15, 0.2) is 18.2 Å². The zero-order valence-corrected chi connectivity index (χ0v) is 16.7. The van der Waals surface area contributed by atoms with Gasteiger partial charge in [-0.3, -0.25) is 0 Å². The number of aromatic nitrogens is 3. The fourth-order valence-corrected chi connectivity index (χ4v) is 3.37. The number of nitrogens with zero attached hydrogens (tertiary/aromatic N) is 3. The number of carbonyl (C=O) groups is 1. The van der Waals surface area contributed by atoms with E-state index in [1.165, 1.54) is 28.7 Å². The van der Waals surface area contributed by atoms with Crippen LogP contribution in [0.15, 0.2) is 47.5 Å². The number of thioether (sulfide) groups is 1. The number of aliphatic carboxylic acids is 1. The highest BCUT2D eigenvalue weighted by Gasteiger charge is 2.32. The van der Waals surface area contributed by atoms with Gasteiger partial charge in [-0.05, 0) is 42.8 Å². The van der Waals surface area contributed by atoms with Gasteiger partial charge in [-0.25, -0.2) is 13.9 Å². The van der Waals surface area contributed by atoms with E-state index in [0.717, 1.165) is 22.6 Å². The Labute approximate surface area is 177 Å². The Hall–Kier alpha value is -3.28. The highest BCUT2D eigenvalue weighted by molar-refractivity contribution is 7.98. The highest BCUT2D eigenvalue weighted by Crippen LogP contribution is 2.29. The van der Waals surface area contributed by atoms with Gasteiger partial charge in [0.05, 0.1) is 17.6 Å². The van der Waals surface area contributed by atoms with Gasteiger partial charge in [-0.15, -0.1) is 30.0 Å². The van der Waals surface area contributed by atoms with E-state index in [0.29, 0.717) is 17.2 Å². The molecule has 0 unspecified atom stereocenters. The lowest BCUT2D eigenvalue weighted by Crippen LogP contribution is -2.18. The van der Waals surface area contributed by atoms with Gasteiger partial charge in [0.1, 0.15) is 5.75 Å². The summed E-state index contributed by atoms with van der Waals surface area (Å²) < 4.78 is 60.6. The molecule has 0 saturated carbocycles. The molecule has 3 rings (SSSR count). The standard InChI is InChI=1S/C19H15F4N3O4S/c1-11-6-14(3-5-16(11)29-9-18(27)28)31-10-12-8-26(25-24-12)13-2-4-17(15(20)7-13)30-19(21,22)23/h2-8H,9-10H2,1H3,(H,27,28). The van der Waals surface area contributed by atoms with Crippen molar-refractivity contribution in [2.45, 2.75) is 23.9 Å². The number of ether oxygens (including phenoxy) is 2. The van der Waals surface area contributed by atoms with Crippen molar-refractivity contribution in [3.63, 3.8) is 0 Å². The molecular formula is C19H15F4N3O4S. The molecule has 0 aliphatic carbocycles. The average Bonchev–Trinajstić information content (AvgIpc) is 3.15. The number of halogens is 4. The van der Waals surface area contributed by atoms with Crippen LogP contribution in [0, 0.1) is 12.7 Å². The number of aryl methyl sites for hydroxylation is 1. The number of carboxylic acid groups (broad SMARTS) is 1. The van der Waals surface area contributed by atoms with Crippen molar-refractivity contribution in [2.24, 2.45) is 0 Å². The summed E-state index contributed by atoms with van der Waals surface area (Å²) in [6.45, 7) is 1.36. The Morgan fingerprint density at radius 2 is 1.94 bits per heavy atom. The van der Waals surface area contributed by atoms with Crippen LogP contribution in [-0.4, -0.2) is 39.0 Å². The fourth-order valence-electron chi connectivity index (χ4n) is 2.50. The van der Waals surface area contributed by atoms with Crippen LogP contribution in [0.2, 0.25) is 0 Å². The van der Waals surface area contributed by atoms with E-state index in [2.05, 4.69) is 15.0 Å². The van der Waals surface area contributed by atoms with Crippen LogP contribution >= 0.6 is 11.8 Å². The van der Waals surface area contributed by atoms with E-state index in [1.54, 1.807) is 19.1 Å². The normalized spacial score (nSPS) is 11.4. The molecule has 2 aromatic carbocycles. The largest absolute Gasteiger partial charge is 0.573 e. The Bertz CT molecular complexity index is 1090. The lowest BCUT2D eigenvalue weighted by molar-refractivity contribution is -0.275. The third-order valence-electron chi connectivity index (χ3n) is 3.83. The van der Waals surface area contributed by atoms with Gasteiger partial charge in [0.2, 0.25) is 0 Å². The first-order valence-electron chi connectivity index (χ1n) is 8.65. The van der Waals surface area contributed by atoms with Gasteiger partial charge in [0.25, 0.3) is 0 Å². The van der Waals surface area contributed by atoms with Crippen LogP contribution in [0.4, 0.5) is 17.6 Å². The SMILES string of the molecule is Cc1cc(SCc2cn(-c3ccc(OC(F)(F)F)c(F)c3)nn2)ccc1OCC(=O)O. The van der Waals surface area contributed by atoms with E-state index in [-0.39, 0.29) is 5.69 Å². The van der Waals surface area contributed by atoms with E-state index in [9.17, 15) is 22.4 Å². The predicted molar refractivity (Wildman–Crippen MR) is 102 cm³/mol. The number of benzene rings is 2. The maximum Gasteiger partial charge on any atom is 0.573 e. The van der Waals surface area contributed by atoms with Gasteiger partial charge < -0.3 is 14.6 Å². The van der Waals surface area contributed by atoms with Crippen molar-refractivity contribution in [1.82, 2.24) is 15.0 Å². The molecule has 1 N–H and O–H groups in total. The van der Waals surface area contributed by atoms with Gasteiger partial charge in [0, 0.05) is 16.7 Å². The molecule has 0 aliphatic rings. The highest BCUT2D eigenvalue weighted by atomic mass is 32.2. The molecule has 12 heteroatoms. The molecule has 0 aliphatic heterocycles. The lowest BCUT2D eigenvalue weighted by atomic mass is 10.2. The number of hydrogen-bond donors (Lipinski definition) is 1. The van der Waals surface area contributed by atoms with Crippen LogP contribution in [0.3, 0.4) is 0 Å². The van der Waals surface area contributed by atoms with Gasteiger partial charge >= 0.3 is 12.3 Å². The second-order valence-electron chi connectivity index (χ2n) is 6.22. The van der Waals surface area contributed by atoms with Gasteiger partial charge in [-0.1, -0.05) is 5.21 Å². The predicted octanol–water partition coefficient (Wildman–Crippen LogP) is 4.37. The zero-order chi connectivity index (χ0) is 22.6. The molecule has 0 saturated heterocycles. The molecule has 1 aromatic heterocycles. The fraction of sp³-hybridized carbons (Fsp3) is 0.211. The minimum Gasteiger partial charge on any atom is -0.482 e. The second kappa shape index (κ2) is 9.25. The van der Waals surface area contributed by atoms with Gasteiger partial charge in [-0.2, -0.15) is 0 Å². The maximum absolute atomic E-state index is 13.9. The first-order valence-corrected chi connectivity index (χ1v) is 9.64. The molecule has 7 nitrogen and oxygen atoms in total. The molecule has 31 heavy (non-hydrogen) atoms. The lowest BCUT2D eigenvalue weighted by Gasteiger charge is -2.10. The molecule has 0 atom stereocenters. The molecule has 0 spiro atoms. The molecule has 0 radical (unpaired) electrons. The topological polar surface area (TPSA) is 86.5 Å². The number of carboxylic acids is 1. The Balaban J connectivity index is 1.63. The second-order valence-corrected chi connectivity index (χ2v) is 7.26. The third-order valence-corrected chi connectivity index (χ3v) is 4.86. The Morgan fingerprint density at radius 1 is 1.19 bits per heavy atom. The van der Waals surface area contributed by atoms with Crippen LogP contribution < -0.4 is 9.47 Å². The van der Waals surface area contributed by atoms with Crippen LogP contribution in [-0.2, 0) is 10.5 Å². The summed E-state index contributed by atoms with van der Waals surface area (Å²) in [4.78, 5) is 11.5. The summed E-state index contributed by atoms with van der Waals surface area (Å²) in [6.07, 6.45) is -3.46.